The van der Waals surface area contributed by atoms with Gasteiger partial charge in [0.05, 0.1) is 0 Å². The van der Waals surface area contributed by atoms with Crippen molar-refractivity contribution in [2.75, 3.05) is 26.2 Å². The quantitative estimate of drug-likeness (QED) is 0.920. The minimum Gasteiger partial charge on any atom is -0.486 e. The van der Waals surface area contributed by atoms with Gasteiger partial charge in [0.25, 0.3) is 0 Å². The van der Waals surface area contributed by atoms with Gasteiger partial charge >= 0.3 is 0 Å². The molecule has 24 heavy (non-hydrogen) atoms. The number of carbonyl (C=O) groups excluding carboxylic acids is 1. The molecule has 1 saturated heterocycles. The first-order valence-electron chi connectivity index (χ1n) is 9.04. The lowest BCUT2D eigenvalue weighted by atomic mass is 9.89. The predicted molar refractivity (Wildman–Crippen MR) is 91.3 cm³/mol. The number of para-hydroxylation sites is 2. The van der Waals surface area contributed by atoms with Gasteiger partial charge in [-0.2, -0.15) is 0 Å². The zero-order valence-electron chi connectivity index (χ0n) is 14.3. The van der Waals surface area contributed by atoms with E-state index in [-0.39, 0.29) is 23.5 Å². The van der Waals surface area contributed by atoms with E-state index in [1.165, 1.54) is 0 Å². The maximum Gasteiger partial charge on any atom is 0.223 e. The summed E-state index contributed by atoms with van der Waals surface area (Å²) in [5.74, 6) is 2.22. The predicted octanol–water partition coefficient (Wildman–Crippen LogP) is 2.21. The Morgan fingerprint density at radius 2 is 1.96 bits per heavy atom. The van der Waals surface area contributed by atoms with E-state index in [1.807, 2.05) is 24.3 Å². The molecule has 4 rings (SSSR count). The van der Waals surface area contributed by atoms with Crippen molar-refractivity contribution in [2.24, 2.45) is 5.92 Å². The third kappa shape index (κ3) is 3.51. The summed E-state index contributed by atoms with van der Waals surface area (Å²) in [6, 6.07) is 7.84. The molecule has 1 unspecified atom stereocenters. The summed E-state index contributed by atoms with van der Waals surface area (Å²) in [6.45, 7) is 5.64. The van der Waals surface area contributed by atoms with Crippen LogP contribution in [0.4, 0.5) is 0 Å². The van der Waals surface area contributed by atoms with E-state index in [2.05, 4.69) is 17.1 Å². The summed E-state index contributed by atoms with van der Waals surface area (Å²) >= 11 is 0. The molecule has 130 valence electrons. The Bertz CT molecular complexity index is 606. The van der Waals surface area contributed by atoms with Crippen LogP contribution in [0.3, 0.4) is 0 Å². The van der Waals surface area contributed by atoms with Gasteiger partial charge in [0.2, 0.25) is 5.91 Å². The number of rotatable bonds is 4. The van der Waals surface area contributed by atoms with E-state index < -0.39 is 0 Å². The van der Waals surface area contributed by atoms with Crippen molar-refractivity contribution in [1.29, 1.82) is 0 Å². The summed E-state index contributed by atoms with van der Waals surface area (Å²) in [5, 5.41) is 3.27. The number of hydrogen-bond donors (Lipinski definition) is 1. The molecular formula is C19H26N2O3. The second-order valence-electron chi connectivity index (χ2n) is 7.62. The van der Waals surface area contributed by atoms with Gasteiger partial charge in [0.15, 0.2) is 11.5 Å². The van der Waals surface area contributed by atoms with E-state index >= 15 is 0 Å². The van der Waals surface area contributed by atoms with Crippen LogP contribution in [0, 0.1) is 5.92 Å². The summed E-state index contributed by atoms with van der Waals surface area (Å²) in [5.41, 5.74) is -0.0489. The molecule has 1 amide bonds. The highest BCUT2D eigenvalue weighted by molar-refractivity contribution is 5.81. The normalized spacial score (nSPS) is 26.0. The Morgan fingerprint density at radius 3 is 2.67 bits per heavy atom. The van der Waals surface area contributed by atoms with Crippen molar-refractivity contribution in [1.82, 2.24) is 10.2 Å². The van der Waals surface area contributed by atoms with Crippen LogP contribution in [0.25, 0.3) is 0 Å². The number of benzene rings is 1. The van der Waals surface area contributed by atoms with Crippen molar-refractivity contribution in [3.8, 4) is 11.5 Å². The number of nitrogens with one attached hydrogen (secondary N) is 1. The fourth-order valence-corrected chi connectivity index (χ4v) is 3.54. The number of piperidine rings is 1. The molecule has 0 bridgehead atoms. The van der Waals surface area contributed by atoms with Gasteiger partial charge in [-0.25, -0.2) is 0 Å². The number of fused-ring (bicyclic) bond motifs is 1. The molecule has 5 nitrogen and oxygen atoms in total. The molecule has 2 fully saturated rings. The smallest absolute Gasteiger partial charge is 0.223 e. The van der Waals surface area contributed by atoms with Gasteiger partial charge in [0.1, 0.15) is 12.7 Å². The summed E-state index contributed by atoms with van der Waals surface area (Å²) in [4.78, 5) is 14.5. The molecule has 1 aromatic carbocycles. The third-order valence-electron chi connectivity index (χ3n) is 5.36. The Balaban J connectivity index is 1.27. The van der Waals surface area contributed by atoms with Crippen LogP contribution in [0.2, 0.25) is 0 Å². The van der Waals surface area contributed by atoms with Crippen molar-refractivity contribution in [2.45, 2.75) is 44.2 Å². The second kappa shape index (κ2) is 6.28. The molecule has 1 N–H and O–H groups in total. The van der Waals surface area contributed by atoms with E-state index in [9.17, 15) is 4.79 Å². The largest absolute Gasteiger partial charge is 0.486 e. The minimum absolute atomic E-state index is 0.0489. The molecule has 1 aliphatic carbocycles. The molecule has 1 aromatic rings. The van der Waals surface area contributed by atoms with Crippen LogP contribution < -0.4 is 14.8 Å². The van der Waals surface area contributed by atoms with E-state index in [0.29, 0.717) is 6.61 Å². The first-order chi connectivity index (χ1) is 11.6. The van der Waals surface area contributed by atoms with Gasteiger partial charge in [-0.15, -0.1) is 0 Å². The molecule has 0 radical (unpaired) electrons. The van der Waals surface area contributed by atoms with E-state index in [0.717, 1.165) is 56.8 Å². The number of nitrogens with zero attached hydrogens (tertiary/aromatic N) is 1. The lowest BCUT2D eigenvalue weighted by molar-refractivity contribution is -0.124. The molecule has 2 aliphatic heterocycles. The van der Waals surface area contributed by atoms with Crippen molar-refractivity contribution < 1.29 is 14.3 Å². The Hall–Kier alpha value is -1.75. The van der Waals surface area contributed by atoms with Gasteiger partial charge in [-0.05, 0) is 44.7 Å². The maximum absolute atomic E-state index is 12.0. The molecule has 1 atom stereocenters. The van der Waals surface area contributed by atoms with Crippen molar-refractivity contribution >= 4 is 5.91 Å². The fourth-order valence-electron chi connectivity index (χ4n) is 3.54. The van der Waals surface area contributed by atoms with Crippen LogP contribution in [-0.2, 0) is 4.79 Å². The van der Waals surface area contributed by atoms with Crippen LogP contribution in [0.5, 0.6) is 11.5 Å². The first kappa shape index (κ1) is 15.8. The van der Waals surface area contributed by atoms with Gasteiger partial charge in [-0.3, -0.25) is 9.69 Å². The third-order valence-corrected chi connectivity index (χ3v) is 5.36. The number of ether oxygens (including phenoxy) is 2. The second-order valence-corrected chi connectivity index (χ2v) is 7.62. The summed E-state index contributed by atoms with van der Waals surface area (Å²) in [7, 11) is 0. The van der Waals surface area contributed by atoms with Crippen LogP contribution in [0.15, 0.2) is 24.3 Å². The zero-order chi connectivity index (χ0) is 16.6. The molecule has 0 aromatic heterocycles. The van der Waals surface area contributed by atoms with Gasteiger partial charge in [-0.1, -0.05) is 12.1 Å². The average molecular weight is 330 g/mol. The molecule has 1 saturated carbocycles. The number of carbonyl (C=O) groups is 1. The number of hydrogen-bond acceptors (Lipinski definition) is 4. The lowest BCUT2D eigenvalue weighted by Crippen LogP contribution is -2.55. The average Bonchev–Trinajstić information content (AvgIpc) is 3.42. The van der Waals surface area contributed by atoms with Crippen LogP contribution in [0.1, 0.15) is 32.6 Å². The highest BCUT2D eigenvalue weighted by atomic mass is 16.6. The van der Waals surface area contributed by atoms with Crippen LogP contribution in [-0.4, -0.2) is 48.7 Å². The highest BCUT2D eigenvalue weighted by Gasteiger charge is 2.37. The van der Waals surface area contributed by atoms with Crippen molar-refractivity contribution in [3.05, 3.63) is 24.3 Å². The van der Waals surface area contributed by atoms with Gasteiger partial charge < -0.3 is 14.8 Å². The zero-order valence-corrected chi connectivity index (χ0v) is 14.3. The Kier molecular flexibility index (Phi) is 4.12. The minimum atomic E-state index is -0.0489. The fraction of sp³-hybridized carbons (Fsp3) is 0.632. The van der Waals surface area contributed by atoms with Crippen LogP contribution >= 0.6 is 0 Å². The number of likely N-dealkylation sites (tertiary alicyclic amines) is 1. The van der Waals surface area contributed by atoms with E-state index in [4.69, 9.17) is 9.47 Å². The highest BCUT2D eigenvalue weighted by Crippen LogP contribution is 2.33. The first-order valence-corrected chi connectivity index (χ1v) is 9.04. The topological polar surface area (TPSA) is 50.8 Å². The molecular weight excluding hydrogens is 304 g/mol. The number of amides is 1. The standard InChI is InChI=1S/C19H26N2O3/c1-19(20-18(22)14-6-7-14)8-10-21(11-9-19)12-15-13-23-16-4-2-3-5-17(16)24-15/h2-5,14-15H,6-13H2,1H3,(H,20,22). The van der Waals surface area contributed by atoms with Crippen molar-refractivity contribution in [3.63, 3.8) is 0 Å². The van der Waals surface area contributed by atoms with E-state index in [1.54, 1.807) is 0 Å². The molecule has 3 aliphatic rings. The Labute approximate surface area is 143 Å². The summed E-state index contributed by atoms with van der Waals surface area (Å²) < 4.78 is 11.9. The van der Waals surface area contributed by atoms with Gasteiger partial charge in [0, 0.05) is 31.1 Å². The molecule has 5 heteroatoms. The summed E-state index contributed by atoms with van der Waals surface area (Å²) in [6.07, 6.45) is 4.19. The molecule has 2 heterocycles. The Morgan fingerprint density at radius 1 is 1.25 bits per heavy atom. The molecule has 0 spiro atoms. The monoisotopic (exact) mass is 330 g/mol. The SMILES string of the molecule is CC1(NC(=O)C2CC2)CCN(CC2COc3ccccc3O2)CC1. The maximum atomic E-state index is 12.0. The lowest BCUT2D eigenvalue weighted by Gasteiger charge is -2.41.